The van der Waals surface area contributed by atoms with E-state index in [0.29, 0.717) is 9.92 Å². The van der Waals surface area contributed by atoms with Gasteiger partial charge in [0.1, 0.15) is 28.8 Å². The first kappa shape index (κ1) is 12.6. The highest BCUT2D eigenvalue weighted by Crippen LogP contribution is 2.33. The van der Waals surface area contributed by atoms with E-state index in [2.05, 4.69) is 9.97 Å². The van der Waals surface area contributed by atoms with Crippen molar-refractivity contribution >= 4 is 22.7 Å². The van der Waals surface area contributed by atoms with Gasteiger partial charge in [-0.1, -0.05) is 36.0 Å². The average molecular weight is 281 g/mol. The number of fused-ring (bicyclic) bond motifs is 1. The van der Waals surface area contributed by atoms with Crippen LogP contribution in [0.3, 0.4) is 0 Å². The molecule has 0 N–H and O–H groups in total. The highest BCUT2D eigenvalue weighted by molar-refractivity contribution is 7.99. The second-order valence-electron chi connectivity index (χ2n) is 4.02. The van der Waals surface area contributed by atoms with Crippen molar-refractivity contribution in [2.75, 3.05) is 0 Å². The van der Waals surface area contributed by atoms with E-state index in [4.69, 9.17) is 5.26 Å². The van der Waals surface area contributed by atoms with Gasteiger partial charge in [0.15, 0.2) is 0 Å². The van der Waals surface area contributed by atoms with E-state index in [0.717, 1.165) is 10.9 Å². The van der Waals surface area contributed by atoms with Crippen molar-refractivity contribution in [2.24, 2.45) is 0 Å². The largest absolute Gasteiger partial charge is 0.236 e. The Morgan fingerprint density at radius 1 is 1.05 bits per heavy atom. The van der Waals surface area contributed by atoms with Crippen LogP contribution in [0.5, 0.6) is 0 Å². The van der Waals surface area contributed by atoms with E-state index >= 15 is 0 Å². The lowest BCUT2D eigenvalue weighted by atomic mass is 10.2. The van der Waals surface area contributed by atoms with Crippen molar-refractivity contribution in [3.05, 3.63) is 60.2 Å². The van der Waals surface area contributed by atoms with Gasteiger partial charge >= 0.3 is 0 Å². The Morgan fingerprint density at radius 3 is 2.75 bits per heavy atom. The van der Waals surface area contributed by atoms with Crippen molar-refractivity contribution in [1.82, 2.24) is 9.97 Å². The molecule has 0 aliphatic heterocycles. The third kappa shape index (κ3) is 2.22. The van der Waals surface area contributed by atoms with Crippen LogP contribution in [0.25, 0.3) is 10.9 Å². The van der Waals surface area contributed by atoms with E-state index in [1.54, 1.807) is 12.1 Å². The predicted octanol–water partition coefficient (Wildman–Crippen LogP) is 3.79. The molecule has 0 amide bonds. The SMILES string of the molecule is N#Cc1c(F)cccc1Sc1ncnc2ccccc12. The Balaban J connectivity index is 2.11. The number of aromatic nitrogens is 2. The normalized spacial score (nSPS) is 10.4. The maximum Gasteiger partial charge on any atom is 0.142 e. The third-order valence-electron chi connectivity index (χ3n) is 2.80. The van der Waals surface area contributed by atoms with E-state index in [1.165, 1.54) is 24.2 Å². The van der Waals surface area contributed by atoms with Crippen LogP contribution in [0.4, 0.5) is 4.39 Å². The van der Waals surface area contributed by atoms with Crippen LogP contribution in [0.1, 0.15) is 5.56 Å². The van der Waals surface area contributed by atoms with Crippen LogP contribution in [-0.4, -0.2) is 9.97 Å². The molecule has 1 heterocycles. The minimum Gasteiger partial charge on any atom is -0.236 e. The predicted molar refractivity (Wildman–Crippen MR) is 74.8 cm³/mol. The number of nitriles is 1. The second-order valence-corrected chi connectivity index (χ2v) is 5.05. The summed E-state index contributed by atoms with van der Waals surface area (Å²) < 4.78 is 13.6. The molecular weight excluding hydrogens is 273 g/mol. The number of hydrogen-bond acceptors (Lipinski definition) is 4. The minimum atomic E-state index is -0.518. The Morgan fingerprint density at radius 2 is 1.90 bits per heavy atom. The molecule has 0 bridgehead atoms. The molecule has 0 fully saturated rings. The van der Waals surface area contributed by atoms with Gasteiger partial charge in [-0.15, -0.1) is 0 Å². The Kier molecular flexibility index (Phi) is 3.32. The molecule has 0 radical (unpaired) electrons. The number of rotatable bonds is 2. The molecule has 0 saturated carbocycles. The molecule has 0 atom stereocenters. The first-order chi connectivity index (χ1) is 9.79. The molecule has 96 valence electrons. The second kappa shape index (κ2) is 5.27. The van der Waals surface area contributed by atoms with Gasteiger partial charge in [-0.05, 0) is 18.2 Å². The first-order valence-corrected chi connectivity index (χ1v) is 6.67. The maximum absolute atomic E-state index is 13.6. The van der Waals surface area contributed by atoms with Crippen molar-refractivity contribution in [1.29, 1.82) is 5.26 Å². The lowest BCUT2D eigenvalue weighted by Gasteiger charge is -2.06. The zero-order valence-corrected chi connectivity index (χ0v) is 11.1. The van der Waals surface area contributed by atoms with E-state index in [1.807, 2.05) is 30.3 Å². The number of hydrogen-bond donors (Lipinski definition) is 0. The van der Waals surface area contributed by atoms with Gasteiger partial charge in [-0.25, -0.2) is 14.4 Å². The summed E-state index contributed by atoms with van der Waals surface area (Å²) in [5.74, 6) is -0.518. The van der Waals surface area contributed by atoms with Gasteiger partial charge in [0.25, 0.3) is 0 Å². The van der Waals surface area contributed by atoms with Gasteiger partial charge in [0.05, 0.1) is 5.52 Å². The number of halogens is 1. The molecule has 0 spiro atoms. The molecule has 0 aliphatic rings. The van der Waals surface area contributed by atoms with Gasteiger partial charge < -0.3 is 0 Å². The summed E-state index contributed by atoms with van der Waals surface area (Å²) >= 11 is 1.27. The fourth-order valence-electron chi connectivity index (χ4n) is 1.86. The monoisotopic (exact) mass is 281 g/mol. The number of benzene rings is 2. The van der Waals surface area contributed by atoms with Gasteiger partial charge in [-0.3, -0.25) is 0 Å². The van der Waals surface area contributed by atoms with Crippen LogP contribution in [-0.2, 0) is 0 Å². The third-order valence-corrected chi connectivity index (χ3v) is 3.88. The topological polar surface area (TPSA) is 49.6 Å². The van der Waals surface area contributed by atoms with Gasteiger partial charge in [-0.2, -0.15) is 5.26 Å². The smallest absolute Gasteiger partial charge is 0.142 e. The summed E-state index contributed by atoms with van der Waals surface area (Å²) in [5, 5.41) is 10.6. The zero-order valence-electron chi connectivity index (χ0n) is 10.2. The van der Waals surface area contributed by atoms with E-state index in [9.17, 15) is 4.39 Å². The quantitative estimate of drug-likeness (QED) is 0.670. The summed E-state index contributed by atoms with van der Waals surface area (Å²) in [7, 11) is 0. The van der Waals surface area contributed by atoms with E-state index < -0.39 is 5.82 Å². The first-order valence-electron chi connectivity index (χ1n) is 5.86. The number of para-hydroxylation sites is 1. The standard InChI is InChI=1S/C15H8FN3S/c16-12-5-3-7-14(11(12)8-17)20-15-10-4-1-2-6-13(10)18-9-19-15/h1-7,9H. The summed E-state index contributed by atoms with van der Waals surface area (Å²) in [6, 6.07) is 14.1. The molecule has 1 aromatic heterocycles. The molecular formula is C15H8FN3S. The zero-order chi connectivity index (χ0) is 13.9. The Labute approximate surface area is 119 Å². The van der Waals surface area contributed by atoms with Crippen LogP contribution in [0.15, 0.2) is 58.7 Å². The molecule has 3 aromatic rings. The fraction of sp³-hybridized carbons (Fsp3) is 0. The molecule has 0 aliphatic carbocycles. The number of nitrogens with zero attached hydrogens (tertiary/aromatic N) is 3. The molecule has 0 unspecified atom stereocenters. The highest BCUT2D eigenvalue weighted by Gasteiger charge is 2.11. The summed E-state index contributed by atoms with van der Waals surface area (Å²) in [4.78, 5) is 8.96. The summed E-state index contributed by atoms with van der Waals surface area (Å²) in [5.41, 5.74) is 0.861. The van der Waals surface area contributed by atoms with Gasteiger partial charge in [0, 0.05) is 10.3 Å². The van der Waals surface area contributed by atoms with Gasteiger partial charge in [0.2, 0.25) is 0 Å². The average Bonchev–Trinajstić information content (AvgIpc) is 2.48. The molecule has 3 nitrogen and oxygen atoms in total. The summed E-state index contributed by atoms with van der Waals surface area (Å²) in [6.07, 6.45) is 1.47. The van der Waals surface area contributed by atoms with E-state index in [-0.39, 0.29) is 5.56 Å². The highest BCUT2D eigenvalue weighted by atomic mass is 32.2. The van der Waals surface area contributed by atoms with Crippen molar-refractivity contribution < 1.29 is 4.39 Å². The van der Waals surface area contributed by atoms with Crippen molar-refractivity contribution in [3.8, 4) is 6.07 Å². The van der Waals surface area contributed by atoms with Crippen molar-refractivity contribution in [3.63, 3.8) is 0 Å². The maximum atomic E-state index is 13.6. The van der Waals surface area contributed by atoms with Crippen LogP contribution in [0.2, 0.25) is 0 Å². The minimum absolute atomic E-state index is 0.0418. The van der Waals surface area contributed by atoms with Crippen LogP contribution in [0, 0.1) is 17.1 Å². The Bertz CT molecular complexity index is 821. The Hall–Kier alpha value is -2.45. The molecule has 3 rings (SSSR count). The molecule has 20 heavy (non-hydrogen) atoms. The van der Waals surface area contributed by atoms with Crippen LogP contribution < -0.4 is 0 Å². The van der Waals surface area contributed by atoms with Crippen molar-refractivity contribution in [2.45, 2.75) is 9.92 Å². The summed E-state index contributed by atoms with van der Waals surface area (Å²) in [6.45, 7) is 0. The molecule has 5 heteroatoms. The lowest BCUT2D eigenvalue weighted by Crippen LogP contribution is -1.90. The molecule has 0 saturated heterocycles. The fourth-order valence-corrected chi connectivity index (χ4v) is 2.85. The van der Waals surface area contributed by atoms with Crippen LogP contribution >= 0.6 is 11.8 Å². The molecule has 2 aromatic carbocycles. The lowest BCUT2D eigenvalue weighted by molar-refractivity contribution is 0.620.